The van der Waals surface area contributed by atoms with Crippen molar-refractivity contribution in [2.75, 3.05) is 32.3 Å². The van der Waals surface area contributed by atoms with Gasteiger partial charge < -0.3 is 19.1 Å². The lowest BCUT2D eigenvalue weighted by molar-refractivity contribution is -0.384. The van der Waals surface area contributed by atoms with Crippen molar-refractivity contribution in [3.05, 3.63) is 52.6 Å². The summed E-state index contributed by atoms with van der Waals surface area (Å²) in [5.41, 5.74) is 0.502. The highest BCUT2D eigenvalue weighted by Gasteiger charge is 2.14. The van der Waals surface area contributed by atoms with Crippen LogP contribution in [0.3, 0.4) is 0 Å². The summed E-state index contributed by atoms with van der Waals surface area (Å²) in [7, 11) is 0.558. The Kier molecular flexibility index (Phi) is 10.5. The van der Waals surface area contributed by atoms with Crippen LogP contribution in [0.5, 0.6) is 11.5 Å². The number of nitrogens with zero attached hydrogens (tertiary/aromatic N) is 1. The maximum absolute atomic E-state index is 11.0. The van der Waals surface area contributed by atoms with Gasteiger partial charge in [-0.2, -0.15) is 0 Å². The summed E-state index contributed by atoms with van der Waals surface area (Å²) in [4.78, 5) is 11.7. The van der Waals surface area contributed by atoms with E-state index in [2.05, 4.69) is 14.4 Å². The monoisotopic (exact) mass is 414 g/mol. The summed E-state index contributed by atoms with van der Waals surface area (Å²) < 4.78 is 24.1. The summed E-state index contributed by atoms with van der Waals surface area (Å²) in [6, 6.07) is 12.4. The van der Waals surface area contributed by atoms with Crippen molar-refractivity contribution in [3.8, 4) is 11.5 Å². The fourth-order valence-electron chi connectivity index (χ4n) is 1.93. The van der Waals surface area contributed by atoms with Gasteiger partial charge in [-0.25, -0.2) is 0 Å². The van der Waals surface area contributed by atoms with Gasteiger partial charge >= 0.3 is 8.25 Å². The third-order valence-electron chi connectivity index (χ3n) is 3.16. The molecule has 0 radical (unpaired) electrons. The fourth-order valence-corrected chi connectivity index (χ4v) is 2.51. The largest absolute Gasteiger partial charge is 0.457 e. The summed E-state index contributed by atoms with van der Waals surface area (Å²) >= 11 is 1.66. The van der Waals surface area contributed by atoms with E-state index in [1.165, 1.54) is 20.3 Å². The number of thioether (sulfide) groups is 1. The zero-order chi connectivity index (χ0) is 20.2. The van der Waals surface area contributed by atoms with Crippen LogP contribution >= 0.6 is 20.0 Å². The number of benzene rings is 2. The molecule has 27 heavy (non-hydrogen) atoms. The van der Waals surface area contributed by atoms with Gasteiger partial charge in [-0.15, -0.1) is 11.8 Å². The van der Waals surface area contributed by atoms with Crippen LogP contribution in [-0.4, -0.2) is 31.9 Å². The highest BCUT2D eigenvalue weighted by molar-refractivity contribution is 7.98. The summed E-state index contributed by atoms with van der Waals surface area (Å²) in [6.45, 7) is 2.49. The molecule has 2 aromatic carbocycles. The van der Waals surface area contributed by atoms with E-state index in [0.717, 1.165) is 4.90 Å². The van der Waals surface area contributed by atoms with Crippen LogP contribution < -0.4 is 10.1 Å². The van der Waals surface area contributed by atoms with Crippen molar-refractivity contribution in [2.24, 2.45) is 0 Å². The molecule has 1 N–H and O–H groups in total. The third kappa shape index (κ3) is 8.01. The van der Waals surface area contributed by atoms with Gasteiger partial charge in [0, 0.05) is 37.8 Å². The van der Waals surface area contributed by atoms with Crippen LogP contribution in [0.4, 0.5) is 11.4 Å². The van der Waals surface area contributed by atoms with Gasteiger partial charge in [0.15, 0.2) is 0 Å². The van der Waals surface area contributed by atoms with Crippen LogP contribution in [0.15, 0.2) is 47.4 Å². The molecule has 0 heterocycles. The van der Waals surface area contributed by atoms with Crippen molar-refractivity contribution in [1.29, 1.82) is 0 Å². The molecule has 0 saturated carbocycles. The molecule has 0 aliphatic carbocycles. The Labute approximate surface area is 163 Å². The molecular formula is C17H23N2O6PS. The van der Waals surface area contributed by atoms with Gasteiger partial charge in [0.2, 0.25) is 0 Å². The number of nitro groups is 1. The molecule has 0 atom stereocenters. The van der Waals surface area contributed by atoms with Crippen LogP contribution in [0.25, 0.3) is 0 Å². The van der Waals surface area contributed by atoms with E-state index in [9.17, 15) is 14.7 Å². The molecule has 8 nitrogen and oxygen atoms in total. The van der Waals surface area contributed by atoms with Crippen LogP contribution in [0.2, 0.25) is 0 Å². The van der Waals surface area contributed by atoms with Gasteiger partial charge in [-0.3, -0.25) is 14.7 Å². The Morgan fingerprint density at radius 3 is 2.15 bits per heavy atom. The Balaban J connectivity index is 0.000000527. The second-order valence-corrected chi connectivity index (χ2v) is 7.10. The third-order valence-corrected chi connectivity index (χ3v) is 4.57. The van der Waals surface area contributed by atoms with Crippen molar-refractivity contribution in [3.63, 3.8) is 0 Å². The standard InChI is InChI=1S/C15H16N2O3S.C2H7O3P/c1-3-16-14-10-12(6-9-15(14)17(18)19)20-11-4-7-13(21-2)8-5-11;1-4-6(3)5-2/h4-10,16H,3H2,1-2H3;6H,1-2H3. The van der Waals surface area contributed by atoms with Crippen molar-refractivity contribution in [2.45, 2.75) is 11.8 Å². The maximum Gasteiger partial charge on any atom is 0.318 e. The normalized spacial score (nSPS) is 10.1. The Morgan fingerprint density at radius 2 is 1.70 bits per heavy atom. The number of hydrogen-bond donors (Lipinski definition) is 1. The topological polar surface area (TPSA) is 99.9 Å². The van der Waals surface area contributed by atoms with E-state index < -0.39 is 13.2 Å². The SMILES string of the molecule is CCNc1cc(Oc2ccc(SC)cc2)ccc1[N+](=O)[O-].CO[PH](=O)OC. The molecule has 10 heteroatoms. The molecule has 0 aliphatic rings. The maximum atomic E-state index is 11.0. The Hall–Kier alpha value is -2.06. The predicted octanol–water partition coefficient (Wildman–Crippen LogP) is 5.21. The second kappa shape index (κ2) is 12.3. The molecule has 0 amide bonds. The van der Waals surface area contributed by atoms with E-state index in [1.807, 2.05) is 37.4 Å². The quantitative estimate of drug-likeness (QED) is 0.272. The fraction of sp³-hybridized carbons (Fsp3) is 0.294. The van der Waals surface area contributed by atoms with Gasteiger partial charge in [-0.1, -0.05) is 0 Å². The van der Waals surface area contributed by atoms with Crippen molar-refractivity contribution < 1.29 is 23.3 Å². The molecule has 148 valence electrons. The van der Waals surface area contributed by atoms with Gasteiger partial charge in [0.1, 0.15) is 17.2 Å². The average molecular weight is 414 g/mol. The summed E-state index contributed by atoms with van der Waals surface area (Å²) in [5.74, 6) is 1.26. The van der Waals surface area contributed by atoms with Crippen molar-refractivity contribution in [1.82, 2.24) is 0 Å². The first kappa shape index (κ1) is 23.0. The lowest BCUT2D eigenvalue weighted by Gasteiger charge is -2.09. The number of nitro benzene ring substituents is 1. The number of ether oxygens (including phenoxy) is 1. The number of rotatable bonds is 8. The molecule has 0 aromatic heterocycles. The van der Waals surface area contributed by atoms with Gasteiger partial charge in [0.25, 0.3) is 5.69 Å². The van der Waals surface area contributed by atoms with Gasteiger partial charge in [0.05, 0.1) is 4.92 Å². The smallest absolute Gasteiger partial charge is 0.318 e. The first-order valence-electron chi connectivity index (χ1n) is 7.91. The zero-order valence-corrected chi connectivity index (χ0v) is 17.4. The van der Waals surface area contributed by atoms with Crippen LogP contribution in [0, 0.1) is 10.1 Å². The second-order valence-electron chi connectivity index (χ2n) is 4.90. The summed E-state index contributed by atoms with van der Waals surface area (Å²) in [5, 5.41) is 13.9. The van der Waals surface area contributed by atoms with E-state index in [0.29, 0.717) is 23.7 Å². The lowest BCUT2D eigenvalue weighted by atomic mass is 10.2. The minimum absolute atomic E-state index is 0.0435. The van der Waals surface area contributed by atoms with Crippen LogP contribution in [0.1, 0.15) is 6.92 Å². The Bertz CT molecular complexity index is 752. The molecule has 0 saturated heterocycles. The minimum atomic E-state index is -2.12. The number of anilines is 1. The minimum Gasteiger partial charge on any atom is -0.457 e. The highest BCUT2D eigenvalue weighted by Crippen LogP contribution is 2.31. The zero-order valence-electron chi connectivity index (χ0n) is 15.6. The molecular weight excluding hydrogens is 391 g/mol. The van der Waals surface area contributed by atoms with E-state index in [-0.39, 0.29) is 5.69 Å². The predicted molar refractivity (Wildman–Crippen MR) is 109 cm³/mol. The first-order valence-corrected chi connectivity index (χ1v) is 10.4. The molecule has 2 aromatic rings. The highest BCUT2D eigenvalue weighted by atomic mass is 32.2. The molecule has 0 aliphatic heterocycles. The number of nitrogens with one attached hydrogen (secondary N) is 1. The van der Waals surface area contributed by atoms with E-state index >= 15 is 0 Å². The lowest BCUT2D eigenvalue weighted by Crippen LogP contribution is -2.01. The molecule has 0 bridgehead atoms. The molecule has 0 spiro atoms. The summed E-state index contributed by atoms with van der Waals surface area (Å²) in [6.07, 6.45) is 2.01. The van der Waals surface area contributed by atoms with Gasteiger partial charge in [-0.05, 0) is 43.5 Å². The van der Waals surface area contributed by atoms with E-state index in [1.54, 1.807) is 23.9 Å². The average Bonchev–Trinajstić information content (AvgIpc) is 2.68. The molecule has 2 rings (SSSR count). The van der Waals surface area contributed by atoms with Crippen LogP contribution in [-0.2, 0) is 13.6 Å². The van der Waals surface area contributed by atoms with Crippen molar-refractivity contribution >= 4 is 31.4 Å². The number of hydrogen-bond acceptors (Lipinski definition) is 8. The first-order chi connectivity index (χ1) is 12.9. The Morgan fingerprint density at radius 1 is 1.11 bits per heavy atom. The van der Waals surface area contributed by atoms with E-state index in [4.69, 9.17) is 4.74 Å². The molecule has 0 fully saturated rings. The molecule has 0 unspecified atom stereocenters.